The Morgan fingerprint density at radius 2 is 1.69 bits per heavy atom. The van der Waals surface area contributed by atoms with Gasteiger partial charge in [0.2, 0.25) is 5.91 Å². The second-order valence-corrected chi connectivity index (χ2v) is 11.8. The summed E-state index contributed by atoms with van der Waals surface area (Å²) < 4.78 is 15.7. The van der Waals surface area contributed by atoms with Crippen molar-refractivity contribution in [2.75, 3.05) is 32.0 Å². The van der Waals surface area contributed by atoms with E-state index < -0.39 is 11.2 Å². The van der Waals surface area contributed by atoms with Crippen molar-refractivity contribution in [3.63, 3.8) is 0 Å². The molecule has 1 aliphatic carbocycles. The Morgan fingerprint density at radius 3 is 2.36 bits per heavy atom. The standard InChI is InChI=1S/C29H32N2O6S2/c1-16-12-13-20-23(14-16)39-28(24(20)29(34)37-5)31-26(32)17(2)38-19-9-6-8-18(15-19)30-27(33)25-21(35-3)10-7-11-22(25)36-4/h6-11,15-17H,12-14H2,1-5H3,(H,30,33)(H,31,32). The summed E-state index contributed by atoms with van der Waals surface area (Å²) in [5.41, 5.74) is 2.34. The molecule has 4 rings (SSSR count). The highest BCUT2D eigenvalue weighted by Gasteiger charge is 2.29. The molecule has 0 spiro atoms. The Hall–Kier alpha value is -3.50. The van der Waals surface area contributed by atoms with Crippen molar-refractivity contribution >= 4 is 51.6 Å². The van der Waals surface area contributed by atoms with Gasteiger partial charge in [-0.05, 0) is 68.0 Å². The number of fused-ring (bicyclic) bond motifs is 1. The van der Waals surface area contributed by atoms with Gasteiger partial charge in [0, 0.05) is 15.5 Å². The molecule has 3 aromatic rings. The van der Waals surface area contributed by atoms with Crippen molar-refractivity contribution in [1.29, 1.82) is 0 Å². The van der Waals surface area contributed by atoms with Crippen molar-refractivity contribution in [1.82, 2.24) is 0 Å². The molecule has 0 bridgehead atoms. The molecule has 1 heterocycles. The number of carbonyl (C=O) groups is 3. The number of hydrogen-bond donors (Lipinski definition) is 2. The number of methoxy groups -OCH3 is 3. The summed E-state index contributed by atoms with van der Waals surface area (Å²) in [6, 6.07) is 12.4. The van der Waals surface area contributed by atoms with Crippen LogP contribution < -0.4 is 20.1 Å². The Labute approximate surface area is 236 Å². The number of thiophene rings is 1. The number of anilines is 2. The van der Waals surface area contributed by atoms with Crippen LogP contribution in [-0.4, -0.2) is 44.4 Å². The number of rotatable bonds is 9. The van der Waals surface area contributed by atoms with Gasteiger partial charge in [-0.1, -0.05) is 19.1 Å². The lowest BCUT2D eigenvalue weighted by atomic mass is 9.88. The average molecular weight is 569 g/mol. The number of hydrogen-bond acceptors (Lipinski definition) is 8. The van der Waals surface area contributed by atoms with E-state index in [2.05, 4.69) is 17.6 Å². The van der Waals surface area contributed by atoms with Crippen LogP contribution in [0.5, 0.6) is 11.5 Å². The number of ether oxygens (including phenoxy) is 3. The summed E-state index contributed by atoms with van der Waals surface area (Å²) in [6.45, 7) is 4.00. The van der Waals surface area contributed by atoms with Crippen molar-refractivity contribution in [3.05, 3.63) is 64.0 Å². The third-order valence-electron chi connectivity index (χ3n) is 6.57. The lowest BCUT2D eigenvalue weighted by Gasteiger charge is -2.18. The summed E-state index contributed by atoms with van der Waals surface area (Å²) in [4.78, 5) is 40.7. The van der Waals surface area contributed by atoms with Gasteiger partial charge in [-0.3, -0.25) is 9.59 Å². The maximum atomic E-state index is 13.2. The normalized spacial score (nSPS) is 15.1. The van der Waals surface area contributed by atoms with Gasteiger partial charge in [-0.15, -0.1) is 23.1 Å². The van der Waals surface area contributed by atoms with Gasteiger partial charge in [-0.25, -0.2) is 4.79 Å². The molecular formula is C29H32N2O6S2. The van der Waals surface area contributed by atoms with Gasteiger partial charge < -0.3 is 24.8 Å². The maximum Gasteiger partial charge on any atom is 0.341 e. The smallest absolute Gasteiger partial charge is 0.341 e. The molecular weight excluding hydrogens is 536 g/mol. The zero-order valence-electron chi connectivity index (χ0n) is 22.6. The molecule has 2 atom stereocenters. The number of carbonyl (C=O) groups excluding carboxylic acids is 3. The monoisotopic (exact) mass is 568 g/mol. The highest BCUT2D eigenvalue weighted by atomic mass is 32.2. The van der Waals surface area contributed by atoms with E-state index in [9.17, 15) is 14.4 Å². The van der Waals surface area contributed by atoms with E-state index in [0.29, 0.717) is 39.2 Å². The second kappa shape index (κ2) is 12.6. The topological polar surface area (TPSA) is 103 Å². The summed E-state index contributed by atoms with van der Waals surface area (Å²) in [7, 11) is 4.35. The van der Waals surface area contributed by atoms with Gasteiger partial charge in [-0.2, -0.15) is 0 Å². The van der Waals surface area contributed by atoms with Crippen molar-refractivity contribution in [2.45, 2.75) is 43.3 Å². The van der Waals surface area contributed by atoms with Crippen LogP contribution in [0.15, 0.2) is 47.4 Å². The first-order valence-electron chi connectivity index (χ1n) is 12.6. The Kier molecular flexibility index (Phi) is 9.19. The number of nitrogens with one attached hydrogen (secondary N) is 2. The molecule has 1 aliphatic rings. The molecule has 0 saturated carbocycles. The fraction of sp³-hybridized carbons (Fsp3) is 0.345. The summed E-state index contributed by atoms with van der Waals surface area (Å²) in [6.07, 6.45) is 2.70. The zero-order valence-corrected chi connectivity index (χ0v) is 24.2. The molecule has 0 saturated heterocycles. The highest BCUT2D eigenvalue weighted by Crippen LogP contribution is 2.40. The quantitative estimate of drug-likeness (QED) is 0.239. The molecule has 2 unspecified atom stereocenters. The molecule has 2 amide bonds. The fourth-order valence-corrected chi connectivity index (χ4v) is 6.87. The maximum absolute atomic E-state index is 13.2. The Balaban J connectivity index is 1.47. The predicted octanol–water partition coefficient (Wildman–Crippen LogP) is 6.05. The SMILES string of the molecule is COC(=O)c1c(NC(=O)C(C)Sc2cccc(NC(=O)c3c(OC)cccc3OC)c2)sc2c1CCC(C)C2. The highest BCUT2D eigenvalue weighted by molar-refractivity contribution is 8.00. The van der Waals surface area contributed by atoms with Crippen LogP contribution in [0.1, 0.15) is 51.4 Å². The second-order valence-electron chi connectivity index (χ2n) is 9.32. The van der Waals surface area contributed by atoms with E-state index in [1.165, 1.54) is 44.4 Å². The molecule has 10 heteroatoms. The van der Waals surface area contributed by atoms with E-state index in [-0.39, 0.29) is 11.8 Å². The zero-order chi connectivity index (χ0) is 28.1. The van der Waals surface area contributed by atoms with Crippen LogP contribution in [0.4, 0.5) is 10.7 Å². The minimum atomic E-state index is -0.464. The summed E-state index contributed by atoms with van der Waals surface area (Å²) >= 11 is 2.82. The molecule has 2 aromatic carbocycles. The van der Waals surface area contributed by atoms with Gasteiger partial charge in [0.25, 0.3) is 5.91 Å². The molecule has 206 valence electrons. The Bertz CT molecular complexity index is 1360. The van der Waals surface area contributed by atoms with Gasteiger partial charge in [0.05, 0.1) is 32.1 Å². The predicted molar refractivity (Wildman–Crippen MR) is 155 cm³/mol. The van der Waals surface area contributed by atoms with Crippen molar-refractivity contribution in [2.24, 2.45) is 5.92 Å². The third kappa shape index (κ3) is 6.39. The van der Waals surface area contributed by atoms with E-state index in [1.807, 2.05) is 12.1 Å². The first-order chi connectivity index (χ1) is 18.7. The van der Waals surface area contributed by atoms with Crippen molar-refractivity contribution < 1.29 is 28.6 Å². The van der Waals surface area contributed by atoms with Crippen LogP contribution in [0.2, 0.25) is 0 Å². The minimum Gasteiger partial charge on any atom is -0.496 e. The van der Waals surface area contributed by atoms with E-state index in [0.717, 1.165) is 34.6 Å². The lowest BCUT2D eigenvalue weighted by molar-refractivity contribution is -0.115. The number of esters is 1. The van der Waals surface area contributed by atoms with Gasteiger partial charge in [0.15, 0.2) is 0 Å². The van der Waals surface area contributed by atoms with E-state index in [4.69, 9.17) is 14.2 Å². The molecule has 0 radical (unpaired) electrons. The van der Waals surface area contributed by atoms with Crippen LogP contribution in [0.3, 0.4) is 0 Å². The molecule has 0 fully saturated rings. The van der Waals surface area contributed by atoms with E-state index in [1.54, 1.807) is 37.3 Å². The van der Waals surface area contributed by atoms with Crippen molar-refractivity contribution in [3.8, 4) is 11.5 Å². The van der Waals surface area contributed by atoms with Crippen LogP contribution in [-0.2, 0) is 22.4 Å². The molecule has 2 N–H and O–H groups in total. The number of benzene rings is 2. The first kappa shape index (κ1) is 28.5. The summed E-state index contributed by atoms with van der Waals surface area (Å²) in [5.74, 6) is 0.329. The summed E-state index contributed by atoms with van der Waals surface area (Å²) in [5, 5.41) is 5.94. The number of amides is 2. The fourth-order valence-electron chi connectivity index (χ4n) is 4.54. The molecule has 8 nitrogen and oxygen atoms in total. The largest absolute Gasteiger partial charge is 0.496 e. The lowest BCUT2D eigenvalue weighted by Crippen LogP contribution is -2.23. The van der Waals surface area contributed by atoms with E-state index >= 15 is 0 Å². The van der Waals surface area contributed by atoms with Gasteiger partial charge >= 0.3 is 5.97 Å². The van der Waals surface area contributed by atoms with Crippen LogP contribution in [0.25, 0.3) is 0 Å². The average Bonchev–Trinajstić information content (AvgIpc) is 3.28. The molecule has 0 aliphatic heterocycles. The third-order valence-corrected chi connectivity index (χ3v) is 8.83. The first-order valence-corrected chi connectivity index (χ1v) is 14.3. The van der Waals surface area contributed by atoms with Crippen LogP contribution >= 0.6 is 23.1 Å². The van der Waals surface area contributed by atoms with Crippen LogP contribution in [0, 0.1) is 5.92 Å². The molecule has 1 aromatic heterocycles. The van der Waals surface area contributed by atoms with Gasteiger partial charge in [0.1, 0.15) is 22.1 Å². The Morgan fingerprint density at radius 1 is 1.00 bits per heavy atom. The minimum absolute atomic E-state index is 0.218. The number of thioether (sulfide) groups is 1. The molecule has 39 heavy (non-hydrogen) atoms.